The Balaban J connectivity index is 2.05. The van der Waals surface area contributed by atoms with Gasteiger partial charge in [-0.25, -0.2) is 0 Å². The number of nitrogens with zero attached hydrogens (tertiary/aromatic N) is 1. The van der Waals surface area contributed by atoms with Crippen LogP contribution < -0.4 is 18.8 Å². The third kappa shape index (κ3) is 3.84. The predicted molar refractivity (Wildman–Crippen MR) is 130 cm³/mol. The molecule has 3 aromatic rings. The predicted octanol–water partition coefficient (Wildman–Crippen LogP) is 5.36. The highest BCUT2D eigenvalue weighted by Gasteiger charge is 2.32. The van der Waals surface area contributed by atoms with E-state index in [0.717, 1.165) is 81.5 Å². The molecule has 0 saturated carbocycles. The number of pyridine rings is 1. The first-order valence-corrected chi connectivity index (χ1v) is 12.1. The Kier molecular flexibility index (Phi) is 6.91. The van der Waals surface area contributed by atoms with Crippen LogP contribution in [-0.2, 0) is 26.0 Å². The number of hydrogen-bond donors (Lipinski definition) is 1. The van der Waals surface area contributed by atoms with Crippen molar-refractivity contribution in [1.29, 1.82) is 0 Å². The molecule has 0 saturated heterocycles. The fourth-order valence-corrected chi connectivity index (χ4v) is 5.26. The molecular weight excluding hydrogens is 470 g/mol. The van der Waals surface area contributed by atoms with E-state index in [9.17, 15) is 5.11 Å². The molecule has 1 aliphatic heterocycles. The van der Waals surface area contributed by atoms with Crippen molar-refractivity contribution in [3.05, 3.63) is 45.6 Å². The van der Waals surface area contributed by atoms with Crippen molar-refractivity contribution in [2.75, 3.05) is 20.8 Å². The molecular formula is C26H31BrNO4+. The van der Waals surface area contributed by atoms with Gasteiger partial charge in [-0.1, -0.05) is 29.3 Å². The summed E-state index contributed by atoms with van der Waals surface area (Å²) in [6.07, 6.45) is 4.07. The molecule has 0 fully saturated rings. The largest absolute Gasteiger partial charge is 0.493 e. The summed E-state index contributed by atoms with van der Waals surface area (Å²) in [5, 5.41) is 12.2. The first kappa shape index (κ1) is 22.9. The zero-order valence-electron chi connectivity index (χ0n) is 19.3. The van der Waals surface area contributed by atoms with Crippen molar-refractivity contribution < 1.29 is 23.9 Å². The van der Waals surface area contributed by atoms with Gasteiger partial charge in [-0.3, -0.25) is 0 Å². The van der Waals surface area contributed by atoms with Crippen molar-refractivity contribution in [3.63, 3.8) is 0 Å². The second-order valence-corrected chi connectivity index (χ2v) is 8.93. The van der Waals surface area contributed by atoms with Crippen molar-refractivity contribution in [2.45, 2.75) is 52.7 Å². The van der Waals surface area contributed by atoms with E-state index in [1.807, 2.05) is 13.0 Å². The molecule has 1 aliphatic rings. The van der Waals surface area contributed by atoms with Gasteiger partial charge in [0.15, 0.2) is 23.7 Å². The monoisotopic (exact) mass is 500 g/mol. The molecule has 6 heteroatoms. The zero-order chi connectivity index (χ0) is 22.8. The lowest BCUT2D eigenvalue weighted by atomic mass is 9.91. The van der Waals surface area contributed by atoms with E-state index in [4.69, 9.17) is 14.2 Å². The highest BCUT2D eigenvalue weighted by Crippen LogP contribution is 2.44. The van der Waals surface area contributed by atoms with E-state index < -0.39 is 0 Å². The molecule has 0 unspecified atom stereocenters. The molecule has 1 aromatic heterocycles. The maximum Gasteiger partial charge on any atom is 0.213 e. The summed E-state index contributed by atoms with van der Waals surface area (Å²) in [5.41, 5.74) is 5.66. The normalized spacial score (nSPS) is 12.4. The Morgan fingerprint density at radius 3 is 2.53 bits per heavy atom. The molecule has 2 aromatic carbocycles. The molecule has 2 heterocycles. The highest BCUT2D eigenvalue weighted by molar-refractivity contribution is 9.10. The first-order valence-electron chi connectivity index (χ1n) is 11.3. The van der Waals surface area contributed by atoms with Gasteiger partial charge >= 0.3 is 0 Å². The number of aliphatic hydroxyl groups excluding tert-OH is 1. The van der Waals surface area contributed by atoms with Gasteiger partial charge in [-0.15, -0.1) is 0 Å². The van der Waals surface area contributed by atoms with Crippen LogP contribution >= 0.6 is 15.9 Å². The van der Waals surface area contributed by atoms with Gasteiger partial charge in [-0.05, 0) is 37.1 Å². The van der Waals surface area contributed by atoms with E-state index in [1.54, 1.807) is 14.2 Å². The van der Waals surface area contributed by atoms with Crippen LogP contribution in [0.25, 0.3) is 22.0 Å². The van der Waals surface area contributed by atoms with E-state index in [1.165, 1.54) is 11.3 Å². The summed E-state index contributed by atoms with van der Waals surface area (Å²) in [6.45, 7) is 5.61. The van der Waals surface area contributed by atoms with Gasteiger partial charge in [0, 0.05) is 34.3 Å². The minimum absolute atomic E-state index is 0.0480. The van der Waals surface area contributed by atoms with Gasteiger partial charge in [-0.2, -0.15) is 4.57 Å². The van der Waals surface area contributed by atoms with Crippen LogP contribution in [0.3, 0.4) is 0 Å². The van der Waals surface area contributed by atoms with Crippen LogP contribution in [-0.4, -0.2) is 25.9 Å². The molecule has 0 spiro atoms. The van der Waals surface area contributed by atoms with E-state index in [2.05, 4.69) is 45.6 Å². The number of ether oxygens (including phenoxy) is 3. The Morgan fingerprint density at radius 2 is 1.88 bits per heavy atom. The molecule has 4 rings (SSSR count). The number of benzene rings is 2. The lowest BCUT2D eigenvalue weighted by Crippen LogP contribution is -2.44. The zero-order valence-corrected chi connectivity index (χ0v) is 20.8. The number of halogens is 1. The van der Waals surface area contributed by atoms with Crippen LogP contribution in [0.2, 0.25) is 0 Å². The molecule has 0 radical (unpaired) electrons. The third-order valence-corrected chi connectivity index (χ3v) is 6.91. The lowest BCUT2D eigenvalue weighted by molar-refractivity contribution is -0.693. The Hall–Kier alpha value is -2.31. The fourth-order valence-electron chi connectivity index (χ4n) is 4.74. The van der Waals surface area contributed by atoms with Crippen LogP contribution in [0.1, 0.15) is 43.5 Å². The Morgan fingerprint density at radius 1 is 1.06 bits per heavy atom. The van der Waals surface area contributed by atoms with Gasteiger partial charge in [0.25, 0.3) is 0 Å². The fraction of sp³-hybridized carbons (Fsp3) is 0.423. The van der Waals surface area contributed by atoms with Crippen LogP contribution in [0.4, 0.5) is 0 Å². The number of rotatable bonds is 8. The molecule has 5 nitrogen and oxygen atoms in total. The number of hydrogen-bond acceptors (Lipinski definition) is 4. The average molecular weight is 501 g/mol. The number of aryl methyl sites for hydroxylation is 2. The number of methoxy groups -OCH3 is 2. The minimum atomic E-state index is -0.0480. The number of fused-ring (bicyclic) bond motifs is 4. The summed E-state index contributed by atoms with van der Waals surface area (Å²) in [4.78, 5) is 0. The summed E-state index contributed by atoms with van der Waals surface area (Å²) < 4.78 is 20.7. The molecule has 0 aliphatic carbocycles. The summed E-state index contributed by atoms with van der Waals surface area (Å²) in [6, 6.07) is 8.40. The van der Waals surface area contributed by atoms with E-state index in [0.29, 0.717) is 6.61 Å². The van der Waals surface area contributed by atoms with Crippen molar-refractivity contribution >= 4 is 26.7 Å². The van der Waals surface area contributed by atoms with Crippen LogP contribution in [0.15, 0.2) is 28.7 Å². The first-order chi connectivity index (χ1) is 15.6. The third-order valence-electron chi connectivity index (χ3n) is 6.25. The standard InChI is InChI=1S/C26H31BrNO4/c1-5-7-8-21-25-19(20(27)14-24(30-3)26(25)31-4)13-22-18-11-17(15-29)23(32-6-2)12-16(18)9-10-28(21)22/h11-14,29H,5-10,15H2,1-4H3/q+1. The maximum absolute atomic E-state index is 9.98. The van der Waals surface area contributed by atoms with Gasteiger partial charge in [0.05, 0.1) is 38.4 Å². The van der Waals surface area contributed by atoms with Gasteiger partial charge < -0.3 is 19.3 Å². The van der Waals surface area contributed by atoms with Crippen molar-refractivity contribution in [2.24, 2.45) is 0 Å². The van der Waals surface area contributed by atoms with Gasteiger partial charge in [0.1, 0.15) is 5.75 Å². The number of aromatic nitrogens is 1. The highest BCUT2D eigenvalue weighted by atomic mass is 79.9. The minimum Gasteiger partial charge on any atom is -0.493 e. The van der Waals surface area contributed by atoms with Crippen LogP contribution in [0.5, 0.6) is 17.2 Å². The molecule has 1 N–H and O–H groups in total. The molecule has 170 valence electrons. The molecule has 0 atom stereocenters. The second-order valence-electron chi connectivity index (χ2n) is 8.07. The average Bonchev–Trinajstić information content (AvgIpc) is 2.81. The topological polar surface area (TPSA) is 51.8 Å². The lowest BCUT2D eigenvalue weighted by Gasteiger charge is -2.22. The van der Waals surface area contributed by atoms with E-state index in [-0.39, 0.29) is 6.61 Å². The molecule has 0 amide bonds. The number of unbranched alkanes of at least 4 members (excludes halogenated alkanes) is 1. The molecule has 32 heavy (non-hydrogen) atoms. The second kappa shape index (κ2) is 9.67. The van der Waals surface area contributed by atoms with Crippen molar-refractivity contribution in [3.8, 4) is 28.5 Å². The quantitative estimate of drug-likeness (QED) is 0.422. The Labute approximate surface area is 198 Å². The van der Waals surface area contributed by atoms with Crippen molar-refractivity contribution in [1.82, 2.24) is 0 Å². The van der Waals surface area contributed by atoms with Crippen LogP contribution in [0, 0.1) is 0 Å². The number of aliphatic hydroxyl groups is 1. The SMILES string of the molecule is CCCCc1c2c(OC)c(OC)cc(Br)c2cc2[n+]1CCc1cc(OCC)c(CO)cc1-2. The molecule has 0 bridgehead atoms. The summed E-state index contributed by atoms with van der Waals surface area (Å²) in [7, 11) is 3.38. The summed E-state index contributed by atoms with van der Waals surface area (Å²) in [5.74, 6) is 2.28. The van der Waals surface area contributed by atoms with E-state index >= 15 is 0 Å². The smallest absolute Gasteiger partial charge is 0.213 e. The maximum atomic E-state index is 9.98. The summed E-state index contributed by atoms with van der Waals surface area (Å²) >= 11 is 3.78. The Bertz CT molecular complexity index is 1160. The van der Waals surface area contributed by atoms with Gasteiger partial charge in [0.2, 0.25) is 5.69 Å².